The average Bonchev–Trinajstić information content (AvgIpc) is 3.40. The van der Waals surface area contributed by atoms with Gasteiger partial charge in [-0.15, -0.1) is 11.3 Å². The summed E-state index contributed by atoms with van der Waals surface area (Å²) in [7, 11) is 2.12. The number of hydrogen-bond donors (Lipinski definition) is 0. The van der Waals surface area contributed by atoms with Gasteiger partial charge in [-0.25, -0.2) is 0 Å². The van der Waals surface area contributed by atoms with E-state index in [0.29, 0.717) is 52.9 Å². The molecule has 1 fully saturated rings. The number of hydrogen-bond acceptors (Lipinski definition) is 7. The molecule has 0 unspecified atom stereocenters. The molecule has 0 amide bonds. The van der Waals surface area contributed by atoms with Gasteiger partial charge >= 0.3 is 0 Å². The Morgan fingerprint density at radius 1 is 0.750 bits per heavy atom. The van der Waals surface area contributed by atoms with Gasteiger partial charge in [0.05, 0.1) is 57.9 Å². The minimum absolute atomic E-state index is 0.598. The number of ether oxygens (including phenoxy) is 4. The molecular weight excluding hydrogens is 444 g/mol. The van der Waals surface area contributed by atoms with Gasteiger partial charge < -0.3 is 23.8 Å². The van der Waals surface area contributed by atoms with E-state index < -0.39 is 0 Å². The quantitative estimate of drug-likeness (QED) is 0.539. The molecule has 0 atom stereocenters. The molecule has 0 bridgehead atoms. The van der Waals surface area contributed by atoms with Crippen LogP contribution in [0, 0.1) is 0 Å². The Labute approximate surface area is 197 Å². The molecule has 172 valence electrons. The summed E-state index contributed by atoms with van der Waals surface area (Å²) in [4.78, 5) is 3.57. The highest BCUT2D eigenvalue weighted by Gasteiger charge is 2.14. The van der Waals surface area contributed by atoms with E-state index in [0.717, 1.165) is 13.1 Å². The fraction of sp³-hybridized carbons (Fsp3) is 0.458. The minimum atomic E-state index is 0.598. The fourth-order valence-corrected chi connectivity index (χ4v) is 5.48. The summed E-state index contributed by atoms with van der Waals surface area (Å²) >= 11 is 3.61. The van der Waals surface area contributed by atoms with Crippen LogP contribution in [0.5, 0.6) is 0 Å². The zero-order valence-electron chi connectivity index (χ0n) is 18.5. The Morgan fingerprint density at radius 2 is 1.38 bits per heavy atom. The molecule has 3 heterocycles. The highest BCUT2D eigenvalue weighted by molar-refractivity contribution is 7.19. The van der Waals surface area contributed by atoms with Gasteiger partial charge in [0.2, 0.25) is 5.52 Å². The predicted octanol–water partition coefficient (Wildman–Crippen LogP) is 3.84. The number of para-hydroxylation sites is 1. The first-order chi connectivity index (χ1) is 15.8. The summed E-state index contributed by atoms with van der Waals surface area (Å²) in [5, 5.41) is 2.47. The SMILES string of the molecule is C[n+]1c(/C=C/c2ccc(N3CCOCCOCCOCCOCC3)s2)sc2ccccc21. The Bertz CT molecular complexity index is 985. The van der Waals surface area contributed by atoms with Gasteiger partial charge in [0.15, 0.2) is 0 Å². The molecule has 6 nitrogen and oxygen atoms in total. The van der Waals surface area contributed by atoms with Crippen LogP contribution in [-0.2, 0) is 26.0 Å². The third-order valence-electron chi connectivity index (χ3n) is 5.21. The number of anilines is 1. The highest BCUT2D eigenvalue weighted by atomic mass is 32.1. The molecule has 4 rings (SSSR count). The molecule has 2 aromatic heterocycles. The van der Waals surface area contributed by atoms with Crippen LogP contribution >= 0.6 is 22.7 Å². The van der Waals surface area contributed by atoms with E-state index in [-0.39, 0.29) is 0 Å². The second-order valence-electron chi connectivity index (χ2n) is 7.41. The maximum atomic E-state index is 5.76. The number of aromatic nitrogens is 1. The van der Waals surface area contributed by atoms with E-state index in [1.807, 2.05) is 11.3 Å². The van der Waals surface area contributed by atoms with Gasteiger partial charge in [-0.2, -0.15) is 4.57 Å². The molecule has 0 radical (unpaired) electrons. The largest absolute Gasteiger partial charge is 0.377 e. The zero-order valence-corrected chi connectivity index (χ0v) is 20.2. The normalized spacial score (nSPS) is 18.1. The van der Waals surface area contributed by atoms with Gasteiger partial charge in [0.1, 0.15) is 11.7 Å². The van der Waals surface area contributed by atoms with Crippen molar-refractivity contribution >= 4 is 50.0 Å². The van der Waals surface area contributed by atoms with Gasteiger partial charge in [-0.05, 0) is 24.3 Å². The van der Waals surface area contributed by atoms with Gasteiger partial charge in [0, 0.05) is 30.1 Å². The summed E-state index contributed by atoms with van der Waals surface area (Å²) in [6.07, 6.45) is 4.41. The van der Waals surface area contributed by atoms with Crippen LogP contribution in [0.1, 0.15) is 9.88 Å². The molecule has 3 aromatic rings. The summed E-state index contributed by atoms with van der Waals surface area (Å²) in [6, 6.07) is 12.9. The Balaban J connectivity index is 1.39. The molecule has 1 aliphatic rings. The molecule has 1 aliphatic heterocycles. The third kappa shape index (κ3) is 6.60. The molecular formula is C24H31N2O4S2+. The van der Waals surface area contributed by atoms with Crippen molar-refractivity contribution in [1.82, 2.24) is 0 Å². The standard InChI is InChI=1S/C24H31N2O4S2/c1-25-21-4-2-3-5-22(21)32-23(25)8-6-20-7-9-24(31-20)26-10-12-27-14-16-29-18-19-30-17-15-28-13-11-26/h2-9H,10-19H2,1H3/q+1. The maximum Gasteiger partial charge on any atom is 0.262 e. The van der Waals surface area contributed by atoms with E-state index in [1.165, 1.54) is 25.1 Å². The van der Waals surface area contributed by atoms with Crippen LogP contribution in [0.2, 0.25) is 0 Å². The van der Waals surface area contributed by atoms with Crippen LogP contribution in [0.3, 0.4) is 0 Å². The van der Waals surface area contributed by atoms with Crippen molar-refractivity contribution in [1.29, 1.82) is 0 Å². The number of fused-ring (bicyclic) bond motifs is 1. The lowest BCUT2D eigenvalue weighted by Gasteiger charge is -2.23. The van der Waals surface area contributed by atoms with E-state index in [2.05, 4.69) is 65.1 Å². The van der Waals surface area contributed by atoms with Crippen LogP contribution in [0.15, 0.2) is 36.4 Å². The maximum absolute atomic E-state index is 5.76. The van der Waals surface area contributed by atoms with E-state index in [9.17, 15) is 0 Å². The van der Waals surface area contributed by atoms with Crippen molar-refractivity contribution in [2.24, 2.45) is 7.05 Å². The lowest BCUT2D eigenvalue weighted by Crippen LogP contribution is -2.30. The molecule has 0 aliphatic carbocycles. The van der Waals surface area contributed by atoms with Crippen molar-refractivity contribution < 1.29 is 23.5 Å². The Morgan fingerprint density at radius 3 is 2.03 bits per heavy atom. The van der Waals surface area contributed by atoms with E-state index in [1.54, 1.807) is 11.3 Å². The molecule has 0 saturated carbocycles. The summed E-state index contributed by atoms with van der Waals surface area (Å²) in [5.74, 6) is 0. The van der Waals surface area contributed by atoms with Gasteiger partial charge in [-0.1, -0.05) is 23.5 Å². The second kappa shape index (κ2) is 12.4. The monoisotopic (exact) mass is 475 g/mol. The number of thiophene rings is 1. The molecule has 1 saturated heterocycles. The van der Waals surface area contributed by atoms with E-state index >= 15 is 0 Å². The smallest absolute Gasteiger partial charge is 0.262 e. The van der Waals surface area contributed by atoms with Crippen molar-refractivity contribution in [2.75, 3.05) is 70.8 Å². The van der Waals surface area contributed by atoms with Crippen molar-refractivity contribution in [2.45, 2.75) is 0 Å². The van der Waals surface area contributed by atoms with Gasteiger partial charge in [-0.3, -0.25) is 0 Å². The first kappa shape index (κ1) is 23.4. The zero-order chi connectivity index (χ0) is 22.0. The third-order valence-corrected chi connectivity index (χ3v) is 7.51. The second-order valence-corrected chi connectivity index (χ2v) is 9.57. The minimum Gasteiger partial charge on any atom is -0.377 e. The van der Waals surface area contributed by atoms with Crippen LogP contribution < -0.4 is 9.47 Å². The summed E-state index contributed by atoms with van der Waals surface area (Å²) < 4.78 is 26.1. The van der Waals surface area contributed by atoms with Gasteiger partial charge in [0.25, 0.3) is 5.01 Å². The Hall–Kier alpha value is -1.81. The lowest BCUT2D eigenvalue weighted by atomic mass is 10.3. The highest BCUT2D eigenvalue weighted by Crippen LogP contribution is 2.28. The number of aryl methyl sites for hydroxylation is 1. The van der Waals surface area contributed by atoms with Crippen molar-refractivity contribution in [3.63, 3.8) is 0 Å². The van der Waals surface area contributed by atoms with Crippen LogP contribution in [-0.4, -0.2) is 65.9 Å². The molecule has 1 aromatic carbocycles. The van der Waals surface area contributed by atoms with E-state index in [4.69, 9.17) is 18.9 Å². The fourth-order valence-electron chi connectivity index (χ4n) is 3.46. The first-order valence-corrected chi connectivity index (χ1v) is 12.7. The van der Waals surface area contributed by atoms with Crippen molar-refractivity contribution in [3.8, 4) is 0 Å². The van der Waals surface area contributed by atoms with Crippen LogP contribution in [0.25, 0.3) is 22.4 Å². The topological polar surface area (TPSA) is 44.0 Å². The summed E-state index contributed by atoms with van der Waals surface area (Å²) in [5.41, 5.74) is 1.27. The predicted molar refractivity (Wildman–Crippen MR) is 132 cm³/mol. The molecule has 8 heteroatoms. The van der Waals surface area contributed by atoms with Crippen molar-refractivity contribution in [3.05, 3.63) is 46.3 Å². The molecule has 0 N–H and O–H groups in total. The lowest BCUT2D eigenvalue weighted by molar-refractivity contribution is -0.642. The average molecular weight is 476 g/mol. The molecule has 0 spiro atoms. The Kier molecular flexibility index (Phi) is 9.07. The number of thiazole rings is 1. The first-order valence-electron chi connectivity index (χ1n) is 11.0. The summed E-state index contributed by atoms with van der Waals surface area (Å²) in [6.45, 7) is 6.60. The van der Waals surface area contributed by atoms with Crippen LogP contribution in [0.4, 0.5) is 5.00 Å². The molecule has 32 heavy (non-hydrogen) atoms. The number of nitrogens with zero attached hydrogens (tertiary/aromatic N) is 2. The number of benzene rings is 1. The number of rotatable bonds is 3.